The van der Waals surface area contributed by atoms with E-state index in [4.69, 9.17) is 4.74 Å². The summed E-state index contributed by atoms with van der Waals surface area (Å²) in [5.41, 5.74) is 0.385. The highest BCUT2D eigenvalue weighted by Gasteiger charge is 2.42. The molecule has 0 heterocycles. The van der Waals surface area contributed by atoms with Crippen LogP contribution in [-0.2, 0) is 0 Å². The average molecular weight is 286 g/mol. The van der Waals surface area contributed by atoms with Crippen LogP contribution in [0.2, 0.25) is 0 Å². The SMILES string of the molecule is O=[N+]([O-])c1ccc(OCC2(CBr)CC2)cc1. The Morgan fingerprint density at radius 1 is 1.38 bits per heavy atom. The number of hydrogen-bond acceptors (Lipinski definition) is 3. The molecule has 0 amide bonds. The zero-order chi connectivity index (χ0) is 11.6. The van der Waals surface area contributed by atoms with Crippen molar-refractivity contribution in [1.82, 2.24) is 0 Å². The van der Waals surface area contributed by atoms with Gasteiger partial charge in [-0.3, -0.25) is 10.1 Å². The van der Waals surface area contributed by atoms with Crippen LogP contribution in [0.4, 0.5) is 5.69 Å². The summed E-state index contributed by atoms with van der Waals surface area (Å²) in [5, 5.41) is 11.4. The van der Waals surface area contributed by atoms with Gasteiger partial charge in [0.05, 0.1) is 11.5 Å². The molecule has 0 bridgehead atoms. The summed E-state index contributed by atoms with van der Waals surface area (Å²) >= 11 is 3.47. The van der Waals surface area contributed by atoms with E-state index >= 15 is 0 Å². The van der Waals surface area contributed by atoms with Crippen molar-refractivity contribution in [3.8, 4) is 5.75 Å². The molecule has 1 saturated carbocycles. The smallest absolute Gasteiger partial charge is 0.269 e. The van der Waals surface area contributed by atoms with Crippen LogP contribution in [0.5, 0.6) is 5.75 Å². The number of hydrogen-bond donors (Lipinski definition) is 0. The molecule has 0 aromatic heterocycles. The van der Waals surface area contributed by atoms with Gasteiger partial charge in [-0.15, -0.1) is 0 Å². The third-order valence-electron chi connectivity index (χ3n) is 2.83. The van der Waals surface area contributed by atoms with E-state index in [2.05, 4.69) is 15.9 Å². The van der Waals surface area contributed by atoms with Gasteiger partial charge in [-0.05, 0) is 25.0 Å². The predicted octanol–water partition coefficient (Wildman–Crippen LogP) is 3.15. The van der Waals surface area contributed by atoms with E-state index in [1.165, 1.54) is 25.0 Å². The summed E-state index contributed by atoms with van der Waals surface area (Å²) in [7, 11) is 0. The Kier molecular flexibility index (Phi) is 3.14. The van der Waals surface area contributed by atoms with E-state index in [0.717, 1.165) is 5.33 Å². The summed E-state index contributed by atoms with van der Waals surface area (Å²) in [6.45, 7) is 0.677. The number of nitro groups is 1. The number of halogens is 1. The van der Waals surface area contributed by atoms with Crippen molar-refractivity contribution in [2.45, 2.75) is 12.8 Å². The number of rotatable bonds is 5. The first-order valence-corrected chi connectivity index (χ1v) is 6.21. The van der Waals surface area contributed by atoms with Crippen LogP contribution in [-0.4, -0.2) is 16.9 Å². The lowest BCUT2D eigenvalue weighted by Gasteiger charge is -2.12. The molecule has 1 aromatic carbocycles. The van der Waals surface area contributed by atoms with Crippen molar-refractivity contribution < 1.29 is 9.66 Å². The fourth-order valence-electron chi connectivity index (χ4n) is 1.39. The van der Waals surface area contributed by atoms with Crippen LogP contribution in [0.15, 0.2) is 24.3 Å². The third kappa shape index (κ3) is 2.52. The first-order valence-electron chi connectivity index (χ1n) is 5.08. The number of ether oxygens (including phenoxy) is 1. The molecule has 86 valence electrons. The molecule has 1 aliphatic rings. The van der Waals surface area contributed by atoms with Gasteiger partial charge in [-0.1, -0.05) is 15.9 Å². The second-order valence-corrected chi connectivity index (χ2v) is 4.73. The summed E-state index contributed by atoms with van der Waals surface area (Å²) < 4.78 is 5.61. The van der Waals surface area contributed by atoms with Gasteiger partial charge in [-0.2, -0.15) is 0 Å². The summed E-state index contributed by atoms with van der Waals surface area (Å²) in [6.07, 6.45) is 2.37. The van der Waals surface area contributed by atoms with Gasteiger partial charge < -0.3 is 4.74 Å². The third-order valence-corrected chi connectivity index (χ3v) is 4.02. The fraction of sp³-hybridized carbons (Fsp3) is 0.455. The van der Waals surface area contributed by atoms with E-state index in [-0.39, 0.29) is 5.69 Å². The first-order chi connectivity index (χ1) is 7.65. The van der Waals surface area contributed by atoms with E-state index in [1.807, 2.05) is 0 Å². The topological polar surface area (TPSA) is 52.4 Å². The highest BCUT2D eigenvalue weighted by Crippen LogP contribution is 2.47. The molecule has 5 heteroatoms. The molecule has 0 radical (unpaired) electrons. The number of nitrogens with zero attached hydrogens (tertiary/aromatic N) is 1. The number of non-ortho nitro benzene ring substituents is 1. The lowest BCUT2D eigenvalue weighted by atomic mass is 10.2. The molecule has 1 aliphatic carbocycles. The number of benzene rings is 1. The minimum absolute atomic E-state index is 0.0916. The molecule has 2 rings (SSSR count). The van der Waals surface area contributed by atoms with Crippen LogP contribution in [0.25, 0.3) is 0 Å². The Balaban J connectivity index is 1.93. The van der Waals surface area contributed by atoms with Gasteiger partial charge in [-0.25, -0.2) is 0 Å². The van der Waals surface area contributed by atoms with E-state index in [1.54, 1.807) is 12.1 Å². The minimum Gasteiger partial charge on any atom is -0.493 e. The molecular weight excluding hydrogens is 274 g/mol. The van der Waals surface area contributed by atoms with Crippen LogP contribution in [0.1, 0.15) is 12.8 Å². The zero-order valence-electron chi connectivity index (χ0n) is 8.69. The Morgan fingerprint density at radius 2 is 2.00 bits per heavy atom. The predicted molar refractivity (Wildman–Crippen MR) is 64.1 cm³/mol. The van der Waals surface area contributed by atoms with Crippen LogP contribution >= 0.6 is 15.9 Å². The molecule has 0 atom stereocenters. The van der Waals surface area contributed by atoms with Crippen molar-refractivity contribution in [3.63, 3.8) is 0 Å². The molecular formula is C11H12BrNO3. The van der Waals surface area contributed by atoms with Gasteiger partial charge in [0.1, 0.15) is 5.75 Å². The van der Waals surface area contributed by atoms with Crippen molar-refractivity contribution in [1.29, 1.82) is 0 Å². The van der Waals surface area contributed by atoms with E-state index in [0.29, 0.717) is 17.8 Å². The second-order valence-electron chi connectivity index (χ2n) is 4.17. The second kappa shape index (κ2) is 4.41. The van der Waals surface area contributed by atoms with Gasteiger partial charge >= 0.3 is 0 Å². The van der Waals surface area contributed by atoms with Crippen molar-refractivity contribution in [2.24, 2.45) is 5.41 Å². The quantitative estimate of drug-likeness (QED) is 0.474. The summed E-state index contributed by atoms with van der Waals surface area (Å²) in [4.78, 5) is 10.0. The first kappa shape index (κ1) is 11.4. The van der Waals surface area contributed by atoms with Gasteiger partial charge in [0.15, 0.2) is 0 Å². The van der Waals surface area contributed by atoms with Crippen molar-refractivity contribution >= 4 is 21.6 Å². The average Bonchev–Trinajstić information content (AvgIpc) is 3.08. The van der Waals surface area contributed by atoms with Crippen LogP contribution in [0, 0.1) is 15.5 Å². The fourth-order valence-corrected chi connectivity index (χ4v) is 2.12. The van der Waals surface area contributed by atoms with Crippen LogP contribution < -0.4 is 4.74 Å². The van der Waals surface area contributed by atoms with Crippen molar-refractivity contribution in [2.75, 3.05) is 11.9 Å². The molecule has 4 nitrogen and oxygen atoms in total. The lowest BCUT2D eigenvalue weighted by Crippen LogP contribution is -2.14. The molecule has 1 fully saturated rings. The zero-order valence-corrected chi connectivity index (χ0v) is 10.3. The number of nitro benzene ring substituents is 1. The number of alkyl halides is 1. The maximum Gasteiger partial charge on any atom is 0.269 e. The molecule has 0 spiro atoms. The van der Waals surface area contributed by atoms with E-state index in [9.17, 15) is 10.1 Å². The molecule has 0 aliphatic heterocycles. The maximum atomic E-state index is 10.4. The Bertz CT molecular complexity index is 387. The van der Waals surface area contributed by atoms with E-state index < -0.39 is 4.92 Å². The normalized spacial score (nSPS) is 16.8. The molecule has 1 aromatic rings. The Hall–Kier alpha value is -1.10. The molecule has 0 saturated heterocycles. The highest BCUT2D eigenvalue weighted by molar-refractivity contribution is 9.09. The maximum absolute atomic E-state index is 10.4. The highest BCUT2D eigenvalue weighted by atomic mass is 79.9. The largest absolute Gasteiger partial charge is 0.493 e. The summed E-state index contributed by atoms with van der Waals surface area (Å²) in [5.74, 6) is 0.692. The Morgan fingerprint density at radius 3 is 2.44 bits per heavy atom. The molecule has 0 unspecified atom stereocenters. The summed E-state index contributed by atoms with van der Waals surface area (Å²) in [6, 6.07) is 6.21. The minimum atomic E-state index is -0.412. The van der Waals surface area contributed by atoms with Crippen molar-refractivity contribution in [3.05, 3.63) is 34.4 Å². The van der Waals surface area contributed by atoms with Gasteiger partial charge in [0, 0.05) is 22.9 Å². The van der Waals surface area contributed by atoms with Gasteiger partial charge in [0.2, 0.25) is 0 Å². The monoisotopic (exact) mass is 285 g/mol. The van der Waals surface area contributed by atoms with Gasteiger partial charge in [0.25, 0.3) is 5.69 Å². The Labute approximate surface area is 102 Å². The standard InChI is InChI=1S/C11H12BrNO3/c12-7-11(5-6-11)8-16-10-3-1-9(2-4-10)13(14)15/h1-4H,5-8H2. The molecule has 16 heavy (non-hydrogen) atoms. The van der Waals surface area contributed by atoms with Crippen LogP contribution in [0.3, 0.4) is 0 Å². The molecule has 0 N–H and O–H groups in total. The lowest BCUT2D eigenvalue weighted by molar-refractivity contribution is -0.384.